The molecule has 33 heavy (non-hydrogen) atoms. The highest BCUT2D eigenvalue weighted by Gasteiger charge is 2.19. The lowest BCUT2D eigenvalue weighted by molar-refractivity contribution is -0.143. The fourth-order valence-corrected chi connectivity index (χ4v) is 3.55. The van der Waals surface area contributed by atoms with Crippen LogP contribution in [0.2, 0.25) is 0 Å². The van der Waals surface area contributed by atoms with Crippen LogP contribution < -0.4 is 0 Å². The largest absolute Gasteiger partial charge is 0.497 e. The van der Waals surface area contributed by atoms with Gasteiger partial charge in [0.25, 0.3) is 0 Å². The van der Waals surface area contributed by atoms with Crippen LogP contribution in [-0.2, 0) is 33.7 Å². The van der Waals surface area contributed by atoms with E-state index in [2.05, 4.69) is 36.0 Å². The van der Waals surface area contributed by atoms with Gasteiger partial charge in [-0.15, -0.1) is 0 Å². The van der Waals surface area contributed by atoms with Crippen LogP contribution in [0.4, 0.5) is 0 Å². The first-order chi connectivity index (χ1) is 15.8. The number of hydrogen-bond donors (Lipinski definition) is 1. The van der Waals surface area contributed by atoms with Gasteiger partial charge in [0, 0.05) is 23.4 Å². The molecule has 0 aliphatic heterocycles. The summed E-state index contributed by atoms with van der Waals surface area (Å²) in [5.41, 5.74) is 3.25. The number of carbonyl (C=O) groups is 1. The van der Waals surface area contributed by atoms with E-state index in [1.807, 2.05) is 19.9 Å². The number of aromatic nitrogens is 2. The minimum Gasteiger partial charge on any atom is -0.497 e. The Morgan fingerprint density at radius 1 is 1.21 bits per heavy atom. The highest BCUT2D eigenvalue weighted by atomic mass is 16.5. The average molecular weight is 461 g/mol. The molecule has 2 aromatic rings. The first-order valence-electron chi connectivity index (χ1n) is 12.4. The van der Waals surface area contributed by atoms with Gasteiger partial charge in [0.2, 0.25) is 0 Å². The number of hydrogen-bond acceptors (Lipinski definition) is 5. The number of aryl methyl sites for hydroxylation is 1. The lowest BCUT2D eigenvalue weighted by atomic mass is 10.1. The molecule has 0 saturated heterocycles. The summed E-state index contributed by atoms with van der Waals surface area (Å²) in [7, 11) is 0. The molecule has 186 valence electrons. The predicted octanol–water partition coefficient (Wildman–Crippen LogP) is 5.84. The first kappa shape index (κ1) is 28.7. The molecule has 1 aliphatic carbocycles. The van der Waals surface area contributed by atoms with Gasteiger partial charge in [-0.2, -0.15) is 0 Å². The van der Waals surface area contributed by atoms with Crippen LogP contribution in [-0.4, -0.2) is 39.9 Å². The number of pyridine rings is 1. The van der Waals surface area contributed by atoms with E-state index in [1.165, 1.54) is 24.8 Å². The van der Waals surface area contributed by atoms with Gasteiger partial charge in [-0.25, -0.2) is 4.98 Å². The van der Waals surface area contributed by atoms with Crippen molar-refractivity contribution in [2.45, 2.75) is 92.7 Å². The molecule has 0 radical (unpaired) electrons. The number of nitrogens with zero attached hydrogens (tertiary/aromatic N) is 2. The highest BCUT2D eigenvalue weighted by Crippen LogP contribution is 2.31. The average Bonchev–Trinajstić information content (AvgIpc) is 3.56. The van der Waals surface area contributed by atoms with Crippen molar-refractivity contribution in [3.8, 4) is 0 Å². The van der Waals surface area contributed by atoms with Crippen LogP contribution in [0.25, 0.3) is 11.0 Å². The molecule has 0 atom stereocenters. The summed E-state index contributed by atoms with van der Waals surface area (Å²) in [6.45, 7) is 17.1. The third-order valence-corrected chi connectivity index (χ3v) is 5.22. The van der Waals surface area contributed by atoms with Crippen molar-refractivity contribution in [2.24, 2.45) is 5.92 Å². The zero-order chi connectivity index (χ0) is 24.8. The van der Waals surface area contributed by atoms with Crippen molar-refractivity contribution < 1.29 is 19.4 Å². The number of esters is 1. The molecular formula is C27H44N2O4. The summed E-state index contributed by atoms with van der Waals surface area (Å²) in [6, 6.07) is 4.02. The van der Waals surface area contributed by atoms with Crippen molar-refractivity contribution in [1.82, 2.24) is 9.55 Å². The summed E-state index contributed by atoms with van der Waals surface area (Å²) in [5, 5.41) is 9.18. The van der Waals surface area contributed by atoms with Gasteiger partial charge in [-0.3, -0.25) is 4.79 Å². The highest BCUT2D eigenvalue weighted by molar-refractivity contribution is 5.82. The van der Waals surface area contributed by atoms with Crippen molar-refractivity contribution >= 4 is 17.0 Å². The topological polar surface area (TPSA) is 73.6 Å². The van der Waals surface area contributed by atoms with Gasteiger partial charge >= 0.3 is 5.97 Å². The lowest BCUT2D eigenvalue weighted by Gasteiger charge is -2.13. The van der Waals surface area contributed by atoms with Crippen LogP contribution in [0.15, 0.2) is 30.7 Å². The molecule has 1 saturated carbocycles. The standard InChI is InChI=1S/C19H26N2O3.C5H10.C3H8O/c1-5-15-16-9-8-12-20-19(16)21(13-14(4)23-6-2)17(15)10-11-18(22)24-7-3;1-2-5-3-4-5;1-3(2)4/h8-9,12H,4-7,10-11,13H2,1-3H3;5H,2-4H2,1H3;3-4H,1-2H3. The maximum absolute atomic E-state index is 11.8. The predicted molar refractivity (Wildman–Crippen MR) is 135 cm³/mol. The Hall–Kier alpha value is -2.34. The molecule has 2 aromatic heterocycles. The van der Waals surface area contributed by atoms with Gasteiger partial charge in [0.15, 0.2) is 0 Å². The molecule has 6 heteroatoms. The van der Waals surface area contributed by atoms with Crippen LogP contribution >= 0.6 is 0 Å². The van der Waals surface area contributed by atoms with Gasteiger partial charge in [-0.05, 0) is 64.2 Å². The SMILES string of the molecule is C=C(Cn1c(CCC(=O)OCC)c(CC)c2cccnc21)OCC.CC(C)O.CCC1CC1. The van der Waals surface area contributed by atoms with Gasteiger partial charge < -0.3 is 19.1 Å². The van der Waals surface area contributed by atoms with E-state index in [1.54, 1.807) is 20.0 Å². The molecule has 1 N–H and O–H groups in total. The van der Waals surface area contributed by atoms with E-state index < -0.39 is 0 Å². The lowest BCUT2D eigenvalue weighted by Crippen LogP contribution is -2.12. The molecule has 3 rings (SSSR count). The van der Waals surface area contributed by atoms with Gasteiger partial charge in [0.05, 0.1) is 26.2 Å². The fourth-order valence-electron chi connectivity index (χ4n) is 3.55. The van der Waals surface area contributed by atoms with E-state index in [0.717, 1.165) is 29.1 Å². The monoisotopic (exact) mass is 460 g/mol. The quantitative estimate of drug-likeness (QED) is 0.356. The second kappa shape index (κ2) is 15.5. The van der Waals surface area contributed by atoms with E-state index >= 15 is 0 Å². The number of carbonyl (C=O) groups excluding carboxylic acids is 1. The van der Waals surface area contributed by atoms with Gasteiger partial charge in [0.1, 0.15) is 11.4 Å². The smallest absolute Gasteiger partial charge is 0.306 e. The summed E-state index contributed by atoms with van der Waals surface area (Å²) in [4.78, 5) is 16.3. The Kier molecular flexibility index (Phi) is 13.5. The summed E-state index contributed by atoms with van der Waals surface area (Å²) < 4.78 is 12.7. The second-order valence-corrected chi connectivity index (χ2v) is 8.46. The van der Waals surface area contributed by atoms with Crippen molar-refractivity contribution in [1.29, 1.82) is 0 Å². The molecule has 0 unspecified atom stereocenters. The molecule has 0 aromatic carbocycles. The number of aliphatic hydroxyl groups is 1. The van der Waals surface area contributed by atoms with Crippen LogP contribution in [0, 0.1) is 5.92 Å². The molecule has 0 amide bonds. The van der Waals surface area contributed by atoms with E-state index in [0.29, 0.717) is 38.4 Å². The summed E-state index contributed by atoms with van der Waals surface area (Å²) in [6.07, 6.45) is 7.92. The zero-order valence-electron chi connectivity index (χ0n) is 21.5. The molecular weight excluding hydrogens is 416 g/mol. The molecule has 0 spiro atoms. The summed E-state index contributed by atoms with van der Waals surface area (Å²) >= 11 is 0. The molecule has 6 nitrogen and oxygen atoms in total. The number of aliphatic hydroxyl groups excluding tert-OH is 1. The van der Waals surface area contributed by atoms with E-state index in [4.69, 9.17) is 14.6 Å². The Morgan fingerprint density at radius 2 is 1.85 bits per heavy atom. The maximum atomic E-state index is 11.8. The first-order valence-corrected chi connectivity index (χ1v) is 12.4. The van der Waals surface area contributed by atoms with Crippen molar-refractivity contribution in [3.05, 3.63) is 41.9 Å². The summed E-state index contributed by atoms with van der Waals surface area (Å²) in [5.74, 6) is 1.66. The molecule has 0 bridgehead atoms. The minimum atomic E-state index is -0.173. The van der Waals surface area contributed by atoms with Crippen molar-refractivity contribution in [2.75, 3.05) is 13.2 Å². The van der Waals surface area contributed by atoms with E-state index in [9.17, 15) is 4.79 Å². The Bertz CT molecular complexity index is 850. The number of allylic oxidation sites excluding steroid dienone is 1. The second-order valence-electron chi connectivity index (χ2n) is 8.46. The molecule has 2 heterocycles. The van der Waals surface area contributed by atoms with Gasteiger partial charge in [-0.1, -0.05) is 39.7 Å². The van der Waals surface area contributed by atoms with Crippen molar-refractivity contribution in [3.63, 3.8) is 0 Å². The molecule has 1 fully saturated rings. The van der Waals surface area contributed by atoms with Crippen LogP contribution in [0.1, 0.15) is 78.5 Å². The third-order valence-electron chi connectivity index (χ3n) is 5.22. The molecule has 1 aliphatic rings. The Balaban J connectivity index is 0.000000505. The Morgan fingerprint density at radius 3 is 2.33 bits per heavy atom. The van der Waals surface area contributed by atoms with Crippen LogP contribution in [0.5, 0.6) is 0 Å². The van der Waals surface area contributed by atoms with Crippen LogP contribution in [0.3, 0.4) is 0 Å². The number of rotatable bonds is 10. The number of ether oxygens (including phenoxy) is 2. The zero-order valence-corrected chi connectivity index (χ0v) is 21.5. The maximum Gasteiger partial charge on any atom is 0.306 e. The fraction of sp³-hybridized carbons (Fsp3) is 0.630. The number of fused-ring (bicyclic) bond motifs is 1. The van der Waals surface area contributed by atoms with E-state index in [-0.39, 0.29) is 12.1 Å². The normalized spacial score (nSPS) is 12.5. The Labute approximate surface area is 200 Å². The third kappa shape index (κ3) is 10.4. The minimum absolute atomic E-state index is 0.167.